The second kappa shape index (κ2) is 7.22. The second-order valence-electron chi connectivity index (χ2n) is 6.54. The van der Waals surface area contributed by atoms with Gasteiger partial charge in [-0.2, -0.15) is 4.80 Å². The molecule has 0 aliphatic carbocycles. The van der Waals surface area contributed by atoms with Crippen molar-refractivity contribution >= 4 is 11.8 Å². The Bertz CT molecular complexity index is 995. The van der Waals surface area contributed by atoms with Crippen molar-refractivity contribution in [1.29, 1.82) is 0 Å². The van der Waals surface area contributed by atoms with Gasteiger partial charge in [0.15, 0.2) is 0 Å². The molecule has 0 bridgehead atoms. The van der Waals surface area contributed by atoms with Gasteiger partial charge in [-0.05, 0) is 17.3 Å². The van der Waals surface area contributed by atoms with Crippen molar-refractivity contribution in [2.24, 2.45) is 7.05 Å². The smallest absolute Gasteiger partial charge is 0.271 e. The number of nitrogens with one attached hydrogen (secondary N) is 1. The second-order valence-corrected chi connectivity index (χ2v) is 6.54. The van der Waals surface area contributed by atoms with Crippen LogP contribution in [0, 0.1) is 0 Å². The van der Waals surface area contributed by atoms with Gasteiger partial charge in [0.1, 0.15) is 11.5 Å². The van der Waals surface area contributed by atoms with Crippen molar-refractivity contribution < 1.29 is 9.59 Å². The Balaban J connectivity index is 1.45. The quantitative estimate of drug-likeness (QED) is 0.692. The first-order chi connectivity index (χ1) is 13.5. The largest absolute Gasteiger partial charge is 0.354 e. The van der Waals surface area contributed by atoms with Crippen molar-refractivity contribution in [2.45, 2.75) is 13.0 Å². The number of carbonyl (C=O) groups excluding carboxylic acids is 2. The number of rotatable bonds is 3. The van der Waals surface area contributed by atoms with Crippen molar-refractivity contribution in [1.82, 2.24) is 40.0 Å². The van der Waals surface area contributed by atoms with Gasteiger partial charge in [0, 0.05) is 50.4 Å². The summed E-state index contributed by atoms with van der Waals surface area (Å²) in [6.45, 7) is 1.71. The Kier molecular flexibility index (Phi) is 4.60. The number of hydrogen-bond donors (Lipinski definition) is 1. The Hall–Kier alpha value is -3.56. The number of imidazole rings is 1. The van der Waals surface area contributed by atoms with E-state index < -0.39 is 0 Å². The standard InChI is InChI=1S/C18H20N8O2/c1-19-17(27)14-11-26-10-9-25(8-7-15(26)20-14)18(28)13-5-3-12(4-6-13)16-21-23-24(2)22-16/h3-6,11H,7-10H2,1-2H3,(H,19,27). The maximum absolute atomic E-state index is 12.9. The fourth-order valence-electron chi connectivity index (χ4n) is 3.21. The maximum Gasteiger partial charge on any atom is 0.271 e. The molecule has 3 aromatic rings. The summed E-state index contributed by atoms with van der Waals surface area (Å²) in [5, 5.41) is 14.5. The van der Waals surface area contributed by atoms with Gasteiger partial charge in [-0.25, -0.2) is 4.98 Å². The van der Waals surface area contributed by atoms with Gasteiger partial charge in [0.25, 0.3) is 11.8 Å². The average molecular weight is 380 g/mol. The average Bonchev–Trinajstić information content (AvgIpc) is 3.28. The minimum atomic E-state index is -0.203. The lowest BCUT2D eigenvalue weighted by molar-refractivity contribution is 0.0758. The maximum atomic E-state index is 12.9. The third-order valence-corrected chi connectivity index (χ3v) is 4.72. The lowest BCUT2D eigenvalue weighted by atomic mass is 10.1. The molecular weight excluding hydrogens is 360 g/mol. The zero-order chi connectivity index (χ0) is 19.7. The van der Waals surface area contributed by atoms with Crippen LogP contribution >= 0.6 is 0 Å². The number of nitrogens with zero attached hydrogens (tertiary/aromatic N) is 7. The van der Waals surface area contributed by atoms with E-state index in [1.807, 2.05) is 21.6 Å². The van der Waals surface area contributed by atoms with Crippen molar-refractivity contribution in [3.05, 3.63) is 47.5 Å². The van der Waals surface area contributed by atoms with Crippen LogP contribution in [0.25, 0.3) is 11.4 Å². The zero-order valence-corrected chi connectivity index (χ0v) is 15.7. The molecule has 0 saturated carbocycles. The molecule has 0 spiro atoms. The first kappa shape index (κ1) is 17.8. The fraction of sp³-hybridized carbons (Fsp3) is 0.333. The molecule has 0 saturated heterocycles. The highest BCUT2D eigenvalue weighted by molar-refractivity contribution is 5.94. The van der Waals surface area contributed by atoms with Gasteiger partial charge >= 0.3 is 0 Å². The van der Waals surface area contributed by atoms with E-state index in [4.69, 9.17) is 0 Å². The summed E-state index contributed by atoms with van der Waals surface area (Å²) >= 11 is 0. The van der Waals surface area contributed by atoms with Crippen LogP contribution in [0.1, 0.15) is 26.7 Å². The first-order valence-corrected chi connectivity index (χ1v) is 8.97. The van der Waals surface area contributed by atoms with Gasteiger partial charge in [-0.15, -0.1) is 10.2 Å². The van der Waals surface area contributed by atoms with Crippen LogP contribution in [0.4, 0.5) is 0 Å². The SMILES string of the molecule is CNC(=O)c1cn2c(n1)CCN(C(=O)c1ccc(-c3nnn(C)n3)cc1)CC2. The summed E-state index contributed by atoms with van der Waals surface area (Å²) in [5.74, 6) is 1.11. The molecule has 4 rings (SSSR count). The van der Waals surface area contributed by atoms with Gasteiger partial charge < -0.3 is 14.8 Å². The van der Waals surface area contributed by atoms with E-state index in [0.717, 1.165) is 11.4 Å². The molecule has 1 aromatic carbocycles. The van der Waals surface area contributed by atoms with Gasteiger partial charge in [0.2, 0.25) is 5.82 Å². The van der Waals surface area contributed by atoms with Gasteiger partial charge in [0.05, 0.1) is 7.05 Å². The lowest BCUT2D eigenvalue weighted by Crippen LogP contribution is -2.33. The predicted molar refractivity (Wildman–Crippen MR) is 99.5 cm³/mol. The molecule has 1 N–H and O–H groups in total. The van der Waals surface area contributed by atoms with Crippen molar-refractivity contribution in [3.63, 3.8) is 0 Å². The van der Waals surface area contributed by atoms with E-state index in [1.165, 1.54) is 4.80 Å². The lowest BCUT2D eigenvalue weighted by Gasteiger charge is -2.20. The van der Waals surface area contributed by atoms with Crippen LogP contribution in [-0.4, -0.2) is 66.6 Å². The minimum Gasteiger partial charge on any atom is -0.354 e. The van der Waals surface area contributed by atoms with E-state index in [-0.39, 0.29) is 11.8 Å². The highest BCUT2D eigenvalue weighted by atomic mass is 16.2. The van der Waals surface area contributed by atoms with E-state index in [0.29, 0.717) is 43.1 Å². The van der Waals surface area contributed by atoms with Crippen LogP contribution in [0.15, 0.2) is 30.5 Å². The van der Waals surface area contributed by atoms with Crippen LogP contribution in [0.3, 0.4) is 0 Å². The topological polar surface area (TPSA) is 111 Å². The number of benzene rings is 1. The molecule has 0 unspecified atom stereocenters. The molecule has 2 amide bonds. The first-order valence-electron chi connectivity index (χ1n) is 8.97. The van der Waals surface area contributed by atoms with Gasteiger partial charge in [-0.1, -0.05) is 12.1 Å². The van der Waals surface area contributed by atoms with E-state index in [2.05, 4.69) is 25.7 Å². The van der Waals surface area contributed by atoms with Crippen LogP contribution in [-0.2, 0) is 20.0 Å². The summed E-state index contributed by atoms with van der Waals surface area (Å²) in [5.41, 5.74) is 1.83. The van der Waals surface area contributed by atoms with E-state index in [9.17, 15) is 9.59 Å². The Labute approximate surface area is 161 Å². The van der Waals surface area contributed by atoms with Crippen LogP contribution < -0.4 is 5.32 Å². The van der Waals surface area contributed by atoms with Crippen LogP contribution in [0.5, 0.6) is 0 Å². The normalized spacial score (nSPS) is 13.7. The highest BCUT2D eigenvalue weighted by Crippen LogP contribution is 2.17. The summed E-state index contributed by atoms with van der Waals surface area (Å²) in [6, 6.07) is 7.20. The predicted octanol–water partition coefficient (Wildman–Crippen LogP) is 0.132. The molecule has 10 nitrogen and oxygen atoms in total. The molecule has 28 heavy (non-hydrogen) atoms. The molecule has 2 aromatic heterocycles. The molecule has 1 aliphatic heterocycles. The number of fused-ring (bicyclic) bond motifs is 1. The molecule has 144 valence electrons. The number of aryl methyl sites for hydroxylation is 1. The molecule has 1 aliphatic rings. The number of tetrazole rings is 1. The number of amides is 2. The summed E-state index contributed by atoms with van der Waals surface area (Å²) in [6.07, 6.45) is 2.34. The molecular formula is C18H20N8O2. The molecule has 0 radical (unpaired) electrons. The third kappa shape index (κ3) is 3.36. The number of carbonyl (C=O) groups is 2. The molecule has 3 heterocycles. The summed E-state index contributed by atoms with van der Waals surface area (Å²) < 4.78 is 1.95. The van der Waals surface area contributed by atoms with Crippen LogP contribution in [0.2, 0.25) is 0 Å². The zero-order valence-electron chi connectivity index (χ0n) is 15.7. The fourth-order valence-corrected chi connectivity index (χ4v) is 3.21. The molecule has 10 heteroatoms. The van der Waals surface area contributed by atoms with Crippen molar-refractivity contribution in [2.75, 3.05) is 20.1 Å². The summed E-state index contributed by atoms with van der Waals surface area (Å²) in [4.78, 5) is 32.2. The molecule has 0 atom stereocenters. The van der Waals surface area contributed by atoms with Gasteiger partial charge in [-0.3, -0.25) is 9.59 Å². The third-order valence-electron chi connectivity index (χ3n) is 4.72. The monoisotopic (exact) mass is 380 g/mol. The Morgan fingerprint density at radius 1 is 1.11 bits per heavy atom. The van der Waals surface area contributed by atoms with Crippen molar-refractivity contribution in [3.8, 4) is 11.4 Å². The van der Waals surface area contributed by atoms with E-state index >= 15 is 0 Å². The van der Waals surface area contributed by atoms with E-state index in [1.54, 1.807) is 32.4 Å². The number of aromatic nitrogens is 6. The Morgan fingerprint density at radius 3 is 2.57 bits per heavy atom. The Morgan fingerprint density at radius 2 is 1.89 bits per heavy atom. The number of hydrogen-bond acceptors (Lipinski definition) is 6. The minimum absolute atomic E-state index is 0.0315. The summed E-state index contributed by atoms with van der Waals surface area (Å²) in [7, 11) is 3.29. The highest BCUT2D eigenvalue weighted by Gasteiger charge is 2.22. The molecule has 0 fully saturated rings.